The van der Waals surface area contributed by atoms with Crippen LogP contribution in [-0.4, -0.2) is 28.0 Å². The predicted octanol–water partition coefficient (Wildman–Crippen LogP) is 2.15. The maximum Gasteiger partial charge on any atom is 0.433 e. The first-order valence-electron chi connectivity index (χ1n) is 5.61. The van der Waals surface area contributed by atoms with Gasteiger partial charge in [0.1, 0.15) is 5.69 Å². The van der Waals surface area contributed by atoms with Crippen LogP contribution >= 0.6 is 0 Å². The quantitative estimate of drug-likeness (QED) is 0.939. The standard InChI is InChI=1S/C12H9F3N4O2/c1-21-11-9(16-4-5-17-11)19-10(20)7-2-3-8(18-6-7)12(13,14)15/h2-6H,1H3,(H,16,19,20). The van der Waals surface area contributed by atoms with Crippen LogP contribution in [0.2, 0.25) is 0 Å². The van der Waals surface area contributed by atoms with Gasteiger partial charge in [0, 0.05) is 18.6 Å². The largest absolute Gasteiger partial charge is 0.478 e. The summed E-state index contributed by atoms with van der Waals surface area (Å²) in [5.74, 6) is -0.523. The monoisotopic (exact) mass is 298 g/mol. The van der Waals surface area contributed by atoms with Crippen molar-refractivity contribution in [3.63, 3.8) is 0 Å². The third-order valence-electron chi connectivity index (χ3n) is 2.41. The number of methoxy groups -OCH3 is 1. The number of anilines is 1. The van der Waals surface area contributed by atoms with E-state index in [0.29, 0.717) is 0 Å². The van der Waals surface area contributed by atoms with Crippen molar-refractivity contribution in [3.05, 3.63) is 42.0 Å². The highest BCUT2D eigenvalue weighted by Gasteiger charge is 2.32. The molecule has 0 aliphatic carbocycles. The first kappa shape index (κ1) is 14.7. The third-order valence-corrected chi connectivity index (χ3v) is 2.41. The van der Waals surface area contributed by atoms with Crippen molar-refractivity contribution >= 4 is 11.7 Å². The lowest BCUT2D eigenvalue weighted by atomic mass is 10.2. The molecule has 0 unspecified atom stereocenters. The van der Waals surface area contributed by atoms with E-state index >= 15 is 0 Å². The van der Waals surface area contributed by atoms with Crippen LogP contribution in [0.5, 0.6) is 5.88 Å². The minimum atomic E-state index is -4.55. The van der Waals surface area contributed by atoms with Gasteiger partial charge in [-0.25, -0.2) is 9.97 Å². The van der Waals surface area contributed by atoms with Crippen molar-refractivity contribution in [3.8, 4) is 5.88 Å². The zero-order chi connectivity index (χ0) is 15.5. The van der Waals surface area contributed by atoms with Gasteiger partial charge >= 0.3 is 6.18 Å². The van der Waals surface area contributed by atoms with Gasteiger partial charge < -0.3 is 10.1 Å². The molecular formula is C12H9F3N4O2. The van der Waals surface area contributed by atoms with Crippen molar-refractivity contribution in [2.24, 2.45) is 0 Å². The summed E-state index contributed by atoms with van der Waals surface area (Å²) in [5.41, 5.74) is -1.12. The lowest BCUT2D eigenvalue weighted by molar-refractivity contribution is -0.141. The molecule has 0 radical (unpaired) electrons. The smallest absolute Gasteiger partial charge is 0.433 e. The molecule has 0 bridgehead atoms. The molecule has 0 saturated carbocycles. The number of halogens is 3. The van der Waals surface area contributed by atoms with Crippen molar-refractivity contribution < 1.29 is 22.7 Å². The lowest BCUT2D eigenvalue weighted by Gasteiger charge is -2.08. The molecule has 2 aromatic heterocycles. The van der Waals surface area contributed by atoms with E-state index in [2.05, 4.69) is 20.3 Å². The Balaban J connectivity index is 2.17. The number of nitrogens with one attached hydrogen (secondary N) is 1. The van der Waals surface area contributed by atoms with Gasteiger partial charge in [0.25, 0.3) is 11.8 Å². The first-order chi connectivity index (χ1) is 9.91. The molecule has 0 spiro atoms. The Bertz CT molecular complexity index is 644. The minimum Gasteiger partial charge on any atom is -0.478 e. The van der Waals surface area contributed by atoms with E-state index in [4.69, 9.17) is 4.74 Å². The van der Waals surface area contributed by atoms with E-state index in [1.807, 2.05) is 0 Å². The molecule has 110 valence electrons. The summed E-state index contributed by atoms with van der Waals surface area (Å²) in [6.45, 7) is 0. The molecule has 9 heteroatoms. The fourth-order valence-corrected chi connectivity index (χ4v) is 1.44. The highest BCUT2D eigenvalue weighted by molar-refractivity contribution is 6.04. The number of hydrogen-bond donors (Lipinski definition) is 1. The molecule has 2 aromatic rings. The summed E-state index contributed by atoms with van der Waals surface area (Å²) in [4.78, 5) is 22.8. The SMILES string of the molecule is COc1nccnc1NC(=O)c1ccc(C(F)(F)F)nc1. The van der Waals surface area contributed by atoms with Crippen LogP contribution in [0.25, 0.3) is 0 Å². The highest BCUT2D eigenvalue weighted by Crippen LogP contribution is 2.27. The summed E-state index contributed by atoms with van der Waals surface area (Å²) in [6, 6.07) is 1.75. The van der Waals surface area contributed by atoms with Gasteiger partial charge in [-0.15, -0.1) is 0 Å². The number of rotatable bonds is 3. The van der Waals surface area contributed by atoms with Crippen LogP contribution in [0, 0.1) is 0 Å². The molecule has 21 heavy (non-hydrogen) atoms. The molecule has 1 N–H and O–H groups in total. The Morgan fingerprint density at radius 3 is 2.48 bits per heavy atom. The number of ether oxygens (including phenoxy) is 1. The maximum absolute atomic E-state index is 12.4. The molecule has 0 aliphatic heterocycles. The van der Waals surface area contributed by atoms with Crippen LogP contribution in [0.3, 0.4) is 0 Å². The van der Waals surface area contributed by atoms with Gasteiger partial charge in [-0.05, 0) is 12.1 Å². The number of carbonyl (C=O) groups is 1. The van der Waals surface area contributed by atoms with Crippen LogP contribution in [-0.2, 0) is 6.18 Å². The van der Waals surface area contributed by atoms with Gasteiger partial charge in [0.15, 0.2) is 5.82 Å². The molecule has 0 fully saturated rings. The summed E-state index contributed by atoms with van der Waals surface area (Å²) >= 11 is 0. The van der Waals surface area contributed by atoms with Crippen molar-refractivity contribution in [2.45, 2.75) is 6.18 Å². The average Bonchev–Trinajstić information content (AvgIpc) is 2.47. The molecule has 1 amide bonds. The van der Waals surface area contributed by atoms with Crippen LogP contribution in [0.4, 0.5) is 19.0 Å². The van der Waals surface area contributed by atoms with Crippen molar-refractivity contribution in [1.82, 2.24) is 15.0 Å². The summed E-state index contributed by atoms with van der Waals surface area (Å²) < 4.78 is 42.0. The number of alkyl halides is 3. The van der Waals surface area contributed by atoms with E-state index in [9.17, 15) is 18.0 Å². The summed E-state index contributed by atoms with van der Waals surface area (Å²) in [7, 11) is 1.35. The van der Waals surface area contributed by atoms with E-state index in [1.54, 1.807) is 0 Å². The Morgan fingerprint density at radius 1 is 1.19 bits per heavy atom. The molecule has 0 saturated heterocycles. The Labute approximate surface area is 117 Å². The minimum absolute atomic E-state index is 0.0456. The number of nitrogens with zero attached hydrogens (tertiary/aromatic N) is 3. The second-order valence-electron chi connectivity index (χ2n) is 3.80. The fraction of sp³-hybridized carbons (Fsp3) is 0.167. The van der Waals surface area contributed by atoms with Gasteiger partial charge in [-0.1, -0.05) is 0 Å². The topological polar surface area (TPSA) is 77.0 Å². The van der Waals surface area contributed by atoms with Gasteiger partial charge in [-0.2, -0.15) is 13.2 Å². The van der Waals surface area contributed by atoms with E-state index < -0.39 is 17.8 Å². The maximum atomic E-state index is 12.4. The van der Waals surface area contributed by atoms with Crippen molar-refractivity contribution in [1.29, 1.82) is 0 Å². The van der Waals surface area contributed by atoms with Crippen LogP contribution in [0.15, 0.2) is 30.7 Å². The molecule has 2 heterocycles. The van der Waals surface area contributed by atoms with E-state index in [-0.39, 0.29) is 17.3 Å². The first-order valence-corrected chi connectivity index (χ1v) is 5.61. The number of pyridine rings is 1. The molecule has 0 atom stereocenters. The Morgan fingerprint density at radius 2 is 1.90 bits per heavy atom. The summed E-state index contributed by atoms with van der Waals surface area (Å²) in [6.07, 6.45) is -1.01. The molecular weight excluding hydrogens is 289 g/mol. The second-order valence-corrected chi connectivity index (χ2v) is 3.80. The number of amides is 1. The van der Waals surface area contributed by atoms with Crippen LogP contribution < -0.4 is 10.1 Å². The Hall–Kier alpha value is -2.71. The number of aromatic nitrogens is 3. The van der Waals surface area contributed by atoms with Crippen LogP contribution in [0.1, 0.15) is 16.1 Å². The molecule has 6 nitrogen and oxygen atoms in total. The Kier molecular flexibility index (Phi) is 4.01. The number of hydrogen-bond acceptors (Lipinski definition) is 5. The summed E-state index contributed by atoms with van der Waals surface area (Å²) in [5, 5.41) is 2.38. The zero-order valence-corrected chi connectivity index (χ0v) is 10.7. The molecule has 0 aromatic carbocycles. The second kappa shape index (κ2) is 5.73. The normalized spacial score (nSPS) is 11.0. The fourth-order valence-electron chi connectivity index (χ4n) is 1.44. The van der Waals surface area contributed by atoms with Crippen molar-refractivity contribution in [2.75, 3.05) is 12.4 Å². The van der Waals surface area contributed by atoms with E-state index in [0.717, 1.165) is 18.3 Å². The average molecular weight is 298 g/mol. The third kappa shape index (κ3) is 3.44. The molecule has 2 rings (SSSR count). The van der Waals surface area contributed by atoms with E-state index in [1.165, 1.54) is 19.5 Å². The highest BCUT2D eigenvalue weighted by atomic mass is 19.4. The van der Waals surface area contributed by atoms with Gasteiger partial charge in [0.2, 0.25) is 0 Å². The zero-order valence-electron chi connectivity index (χ0n) is 10.7. The number of carbonyl (C=O) groups excluding carboxylic acids is 1. The van der Waals surface area contributed by atoms with Gasteiger partial charge in [-0.3, -0.25) is 9.78 Å². The lowest BCUT2D eigenvalue weighted by Crippen LogP contribution is -2.15. The predicted molar refractivity (Wildman–Crippen MR) is 65.8 cm³/mol. The van der Waals surface area contributed by atoms with Gasteiger partial charge in [0.05, 0.1) is 12.7 Å². The molecule has 0 aliphatic rings.